The number of nitrogens with zero attached hydrogens (tertiary/aromatic N) is 2. The summed E-state index contributed by atoms with van der Waals surface area (Å²) < 4.78 is 10.6. The van der Waals surface area contributed by atoms with Crippen LogP contribution in [-0.2, 0) is 20.9 Å². The van der Waals surface area contributed by atoms with Crippen molar-refractivity contribution in [1.29, 1.82) is 0 Å². The van der Waals surface area contributed by atoms with E-state index in [2.05, 4.69) is 11.1 Å². The second kappa shape index (κ2) is 9.05. The lowest BCUT2D eigenvalue weighted by atomic mass is 10.0. The maximum Gasteiger partial charge on any atom is 0.415 e. The summed E-state index contributed by atoms with van der Waals surface area (Å²) >= 11 is 0. The lowest BCUT2D eigenvalue weighted by molar-refractivity contribution is -0.139. The van der Waals surface area contributed by atoms with Crippen molar-refractivity contribution >= 4 is 17.8 Å². The van der Waals surface area contributed by atoms with Crippen LogP contribution in [0.25, 0.3) is 5.70 Å². The zero-order valence-electron chi connectivity index (χ0n) is 16.1. The predicted molar refractivity (Wildman–Crippen MR) is 109 cm³/mol. The van der Waals surface area contributed by atoms with Crippen LogP contribution in [0.3, 0.4) is 0 Å². The van der Waals surface area contributed by atoms with Gasteiger partial charge in [-0.3, -0.25) is 9.88 Å². The molecule has 6 nitrogen and oxygen atoms in total. The number of cyclic esters (lactones) is 1. The number of pyridine rings is 1. The number of carbonyl (C=O) groups excluding carboxylic acids is 2. The van der Waals surface area contributed by atoms with Crippen LogP contribution in [0.15, 0.2) is 85.2 Å². The zero-order chi connectivity index (χ0) is 20.8. The van der Waals surface area contributed by atoms with Gasteiger partial charge in [-0.05, 0) is 23.3 Å². The third kappa shape index (κ3) is 4.38. The van der Waals surface area contributed by atoms with Crippen molar-refractivity contribution in [3.05, 3.63) is 108 Å². The number of rotatable bonds is 6. The van der Waals surface area contributed by atoms with Gasteiger partial charge in [0.25, 0.3) is 0 Å². The lowest BCUT2D eigenvalue weighted by Crippen LogP contribution is -2.27. The van der Waals surface area contributed by atoms with E-state index in [-0.39, 0.29) is 25.0 Å². The molecule has 0 spiro atoms. The van der Waals surface area contributed by atoms with Crippen LogP contribution in [-0.4, -0.2) is 28.6 Å². The first-order valence-corrected chi connectivity index (χ1v) is 9.48. The van der Waals surface area contributed by atoms with Gasteiger partial charge in [-0.1, -0.05) is 60.7 Å². The molecule has 1 radical (unpaired) electrons. The molecule has 1 atom stereocenters. The summed E-state index contributed by atoms with van der Waals surface area (Å²) in [5, 5.41) is 0. The van der Waals surface area contributed by atoms with Crippen molar-refractivity contribution in [2.45, 2.75) is 12.6 Å². The van der Waals surface area contributed by atoms with Gasteiger partial charge >= 0.3 is 12.1 Å². The van der Waals surface area contributed by atoms with Crippen LogP contribution in [0.1, 0.15) is 22.7 Å². The molecular formula is C24H19N2O4. The van der Waals surface area contributed by atoms with E-state index < -0.39 is 12.1 Å². The van der Waals surface area contributed by atoms with Crippen molar-refractivity contribution in [1.82, 2.24) is 9.88 Å². The average Bonchev–Trinajstić information content (AvgIpc) is 3.19. The SMILES string of the molecule is O=C([C]=C(c1cccnc1)N1C(=O)OC[C@H]1c1ccccc1)OCc1ccccc1. The van der Waals surface area contributed by atoms with E-state index in [1.165, 1.54) is 4.90 Å². The van der Waals surface area contributed by atoms with E-state index in [4.69, 9.17) is 9.47 Å². The monoisotopic (exact) mass is 399 g/mol. The molecule has 1 aliphatic rings. The van der Waals surface area contributed by atoms with Gasteiger partial charge in [0.1, 0.15) is 19.3 Å². The Kier molecular flexibility index (Phi) is 5.85. The summed E-state index contributed by atoms with van der Waals surface area (Å²) in [5.74, 6) is -0.677. The molecule has 1 aromatic heterocycles. The van der Waals surface area contributed by atoms with E-state index in [1.807, 2.05) is 60.7 Å². The van der Waals surface area contributed by atoms with Crippen molar-refractivity contribution in [2.75, 3.05) is 6.61 Å². The standard InChI is InChI=1S/C24H19N2O4/c27-23(29-16-18-8-3-1-4-9-18)14-21(20-12-7-13-25-15-20)26-22(17-30-24(26)28)19-10-5-2-6-11-19/h1-13,15,22H,16-17H2/t22-/m0/s1. The highest BCUT2D eigenvalue weighted by Crippen LogP contribution is 2.35. The Labute approximate surface area is 174 Å². The van der Waals surface area contributed by atoms with Gasteiger partial charge in [-0.15, -0.1) is 0 Å². The fraction of sp³-hybridized carbons (Fsp3) is 0.125. The molecule has 4 rings (SSSR count). The first-order valence-electron chi connectivity index (χ1n) is 9.48. The van der Waals surface area contributed by atoms with Crippen LogP contribution in [0.2, 0.25) is 0 Å². The minimum Gasteiger partial charge on any atom is -0.457 e. The molecule has 6 heteroatoms. The Hall–Kier alpha value is -3.93. The second-order valence-corrected chi connectivity index (χ2v) is 6.65. The normalized spacial score (nSPS) is 16.3. The van der Waals surface area contributed by atoms with Gasteiger partial charge in [-0.2, -0.15) is 0 Å². The molecule has 1 saturated heterocycles. The first-order chi connectivity index (χ1) is 14.7. The largest absolute Gasteiger partial charge is 0.457 e. The highest BCUT2D eigenvalue weighted by atomic mass is 16.6. The van der Waals surface area contributed by atoms with Crippen molar-refractivity contribution in [2.24, 2.45) is 0 Å². The molecule has 30 heavy (non-hydrogen) atoms. The van der Waals surface area contributed by atoms with Crippen molar-refractivity contribution in [3.63, 3.8) is 0 Å². The van der Waals surface area contributed by atoms with Gasteiger partial charge < -0.3 is 9.47 Å². The summed E-state index contributed by atoms with van der Waals surface area (Å²) in [6.07, 6.45) is 5.35. The highest BCUT2D eigenvalue weighted by Gasteiger charge is 2.37. The van der Waals surface area contributed by atoms with Gasteiger partial charge in [0.15, 0.2) is 0 Å². The maximum atomic E-state index is 12.6. The first kappa shape index (κ1) is 19.4. The smallest absolute Gasteiger partial charge is 0.415 e. The molecule has 2 heterocycles. The summed E-state index contributed by atoms with van der Waals surface area (Å²) in [7, 11) is 0. The summed E-state index contributed by atoms with van der Waals surface area (Å²) in [4.78, 5) is 30.7. The second-order valence-electron chi connectivity index (χ2n) is 6.65. The van der Waals surface area contributed by atoms with E-state index >= 15 is 0 Å². The Morgan fingerprint density at radius 1 is 1.07 bits per heavy atom. The Morgan fingerprint density at radius 3 is 2.50 bits per heavy atom. The average molecular weight is 399 g/mol. The molecule has 0 N–H and O–H groups in total. The lowest BCUT2D eigenvalue weighted by Gasteiger charge is -2.24. The van der Waals surface area contributed by atoms with Crippen LogP contribution >= 0.6 is 0 Å². The van der Waals surface area contributed by atoms with Crippen LogP contribution in [0, 0.1) is 6.08 Å². The minimum absolute atomic E-state index is 0.111. The van der Waals surface area contributed by atoms with E-state index in [0.29, 0.717) is 5.56 Å². The number of amides is 1. The summed E-state index contributed by atoms with van der Waals surface area (Å²) in [6.45, 7) is 0.285. The number of esters is 1. The van der Waals surface area contributed by atoms with Gasteiger partial charge in [0, 0.05) is 18.0 Å². The van der Waals surface area contributed by atoms with Gasteiger partial charge in [0.2, 0.25) is 0 Å². The highest BCUT2D eigenvalue weighted by molar-refractivity contribution is 5.92. The quantitative estimate of drug-likeness (QED) is 0.460. The minimum atomic E-state index is -0.677. The van der Waals surface area contributed by atoms with E-state index in [0.717, 1.165) is 11.1 Å². The summed E-state index contributed by atoms with van der Waals surface area (Å²) in [6, 6.07) is 22.0. The molecule has 0 aliphatic carbocycles. The number of hydrogen-bond acceptors (Lipinski definition) is 5. The van der Waals surface area contributed by atoms with Crippen LogP contribution in [0.4, 0.5) is 4.79 Å². The van der Waals surface area contributed by atoms with E-state index in [9.17, 15) is 9.59 Å². The number of ether oxygens (including phenoxy) is 2. The molecule has 1 amide bonds. The number of aromatic nitrogens is 1. The third-order valence-electron chi connectivity index (χ3n) is 4.67. The molecule has 1 aliphatic heterocycles. The molecular weight excluding hydrogens is 380 g/mol. The number of benzene rings is 2. The number of hydrogen-bond donors (Lipinski definition) is 0. The Balaban J connectivity index is 1.65. The van der Waals surface area contributed by atoms with Crippen LogP contribution < -0.4 is 0 Å². The molecule has 3 aromatic rings. The zero-order valence-corrected chi connectivity index (χ0v) is 16.1. The maximum absolute atomic E-state index is 12.6. The Bertz CT molecular complexity index is 1040. The molecule has 2 aromatic carbocycles. The van der Waals surface area contributed by atoms with E-state index in [1.54, 1.807) is 24.5 Å². The molecule has 1 fully saturated rings. The van der Waals surface area contributed by atoms with Crippen molar-refractivity contribution < 1.29 is 19.1 Å². The fourth-order valence-electron chi connectivity index (χ4n) is 3.22. The van der Waals surface area contributed by atoms with Crippen LogP contribution in [0.5, 0.6) is 0 Å². The predicted octanol–water partition coefficient (Wildman–Crippen LogP) is 4.16. The van der Waals surface area contributed by atoms with Gasteiger partial charge in [-0.25, -0.2) is 9.59 Å². The topological polar surface area (TPSA) is 68.7 Å². The fourth-order valence-corrected chi connectivity index (χ4v) is 3.22. The molecule has 0 unspecified atom stereocenters. The third-order valence-corrected chi connectivity index (χ3v) is 4.67. The molecule has 149 valence electrons. The Morgan fingerprint density at radius 2 is 1.80 bits per heavy atom. The number of carbonyl (C=O) groups is 2. The van der Waals surface area contributed by atoms with Gasteiger partial charge in [0.05, 0.1) is 11.7 Å². The van der Waals surface area contributed by atoms with Crippen molar-refractivity contribution in [3.8, 4) is 0 Å². The molecule has 0 saturated carbocycles. The molecule has 0 bridgehead atoms. The summed E-state index contributed by atoms with van der Waals surface area (Å²) in [5.41, 5.74) is 2.58.